The smallest absolute Gasteiger partial charge is 0.317 e. The minimum atomic E-state index is -2.85. The summed E-state index contributed by atoms with van der Waals surface area (Å²) in [5.74, 6) is 2.28. The molecule has 2 N–H and O–H groups in total. The van der Waals surface area contributed by atoms with Gasteiger partial charge in [-0.15, -0.1) is 0 Å². The molecule has 0 aliphatic carbocycles. The van der Waals surface area contributed by atoms with Crippen LogP contribution in [0.1, 0.15) is 12.8 Å². The molecule has 118 valence electrons. The highest BCUT2D eigenvalue weighted by Gasteiger charge is 2.21. The number of carbonyl (C=O) groups excluding carboxylic acids is 1. The summed E-state index contributed by atoms with van der Waals surface area (Å²) in [7, 11) is 0.445. The lowest BCUT2D eigenvalue weighted by molar-refractivity contribution is -0.120. The second-order valence-corrected chi connectivity index (χ2v) is 8.06. The molecule has 21 heavy (non-hydrogen) atoms. The molecule has 1 rings (SSSR count). The molecule has 0 saturated carbocycles. The fourth-order valence-corrected chi connectivity index (χ4v) is 4.50. The predicted molar refractivity (Wildman–Crippen MR) is 89.2 cm³/mol. The Hall–Kier alpha value is -0.970. The molecule has 1 atom stereocenters. The third-order valence-electron chi connectivity index (χ3n) is 2.84. The highest BCUT2D eigenvalue weighted by atomic mass is 32.2. The zero-order chi connectivity index (χ0) is 15.6. The average molecular weight is 330 g/mol. The predicted octanol–water partition coefficient (Wildman–Crippen LogP) is 2.74. The van der Waals surface area contributed by atoms with Gasteiger partial charge in [0.1, 0.15) is 5.75 Å². The van der Waals surface area contributed by atoms with Gasteiger partial charge in [0.05, 0.1) is 6.16 Å². The van der Waals surface area contributed by atoms with Crippen LogP contribution in [-0.4, -0.2) is 37.7 Å². The van der Waals surface area contributed by atoms with Crippen LogP contribution in [0.25, 0.3) is 0 Å². The van der Waals surface area contributed by atoms with Crippen LogP contribution >= 0.6 is 19.3 Å². The third-order valence-corrected chi connectivity index (χ3v) is 6.21. The molecule has 7 heteroatoms. The Bertz CT molecular complexity index is 471. The first kappa shape index (κ1) is 18.1. The summed E-state index contributed by atoms with van der Waals surface area (Å²) in [6.45, 7) is 0. The Labute approximate surface area is 130 Å². The minimum Gasteiger partial charge on any atom is -0.433 e. The fourth-order valence-electron chi connectivity index (χ4n) is 1.60. The Kier molecular flexibility index (Phi) is 8.50. The standard InChI is InChI=1S/C14H23N2O3PS/c1-15-14(17)9-6-11-21-12-10-20(18,16-2)19-13-7-4-3-5-8-13/h3-5,7-8H,6,9-12H2,1-2H3,(H,15,17)(H,16,18). The van der Waals surface area contributed by atoms with Crippen molar-refractivity contribution in [2.24, 2.45) is 0 Å². The van der Waals surface area contributed by atoms with E-state index in [9.17, 15) is 9.36 Å². The molecule has 1 unspecified atom stereocenters. The molecule has 1 aromatic carbocycles. The van der Waals surface area contributed by atoms with Crippen molar-refractivity contribution >= 4 is 25.2 Å². The van der Waals surface area contributed by atoms with Crippen molar-refractivity contribution in [1.82, 2.24) is 10.4 Å². The summed E-state index contributed by atoms with van der Waals surface area (Å²) >= 11 is 1.69. The van der Waals surface area contributed by atoms with Crippen molar-refractivity contribution < 1.29 is 13.9 Å². The average Bonchev–Trinajstić information content (AvgIpc) is 2.51. The zero-order valence-electron chi connectivity index (χ0n) is 12.5. The molecule has 0 radical (unpaired) electrons. The maximum atomic E-state index is 12.5. The van der Waals surface area contributed by atoms with Gasteiger partial charge in [0, 0.05) is 19.2 Å². The quantitative estimate of drug-likeness (QED) is 0.510. The number of carbonyl (C=O) groups is 1. The van der Waals surface area contributed by atoms with E-state index in [0.29, 0.717) is 18.3 Å². The molecule has 1 amide bonds. The van der Waals surface area contributed by atoms with Crippen molar-refractivity contribution in [1.29, 1.82) is 0 Å². The number of benzene rings is 1. The summed E-state index contributed by atoms with van der Waals surface area (Å²) in [5.41, 5.74) is 0. The van der Waals surface area contributed by atoms with Crippen LogP contribution in [0.5, 0.6) is 5.75 Å². The zero-order valence-corrected chi connectivity index (χ0v) is 14.2. The summed E-state index contributed by atoms with van der Waals surface area (Å²) in [6, 6.07) is 9.17. The maximum absolute atomic E-state index is 12.5. The van der Waals surface area contributed by atoms with E-state index in [4.69, 9.17) is 4.52 Å². The van der Waals surface area contributed by atoms with Gasteiger partial charge in [0.15, 0.2) is 0 Å². The first-order chi connectivity index (χ1) is 10.1. The number of para-hydroxylation sites is 1. The topological polar surface area (TPSA) is 67.4 Å². The van der Waals surface area contributed by atoms with E-state index in [1.807, 2.05) is 18.2 Å². The largest absolute Gasteiger partial charge is 0.433 e. The number of hydrogen-bond donors (Lipinski definition) is 2. The number of nitrogens with one attached hydrogen (secondary N) is 2. The fraction of sp³-hybridized carbons (Fsp3) is 0.500. The van der Waals surface area contributed by atoms with Crippen molar-refractivity contribution in [3.63, 3.8) is 0 Å². The van der Waals surface area contributed by atoms with Gasteiger partial charge in [-0.25, -0.2) is 5.09 Å². The lowest BCUT2D eigenvalue weighted by Gasteiger charge is -2.18. The Balaban J connectivity index is 2.27. The Morgan fingerprint density at radius 1 is 1.24 bits per heavy atom. The van der Waals surface area contributed by atoms with Gasteiger partial charge in [0.2, 0.25) is 5.91 Å². The summed E-state index contributed by atoms with van der Waals surface area (Å²) in [4.78, 5) is 11.1. The molecule has 1 aromatic rings. The lowest BCUT2D eigenvalue weighted by Crippen LogP contribution is -2.17. The van der Waals surface area contributed by atoms with Gasteiger partial charge in [-0.1, -0.05) is 18.2 Å². The molecule has 0 heterocycles. The van der Waals surface area contributed by atoms with E-state index in [1.165, 1.54) is 0 Å². The number of rotatable bonds is 10. The van der Waals surface area contributed by atoms with Crippen LogP contribution < -0.4 is 14.9 Å². The van der Waals surface area contributed by atoms with Crippen molar-refractivity contribution in [2.45, 2.75) is 12.8 Å². The SMILES string of the molecule is CNC(=O)CCCSCCP(=O)(NC)Oc1ccccc1. The number of amides is 1. The summed E-state index contributed by atoms with van der Waals surface area (Å²) in [5, 5.41) is 5.39. The highest BCUT2D eigenvalue weighted by Crippen LogP contribution is 2.42. The lowest BCUT2D eigenvalue weighted by atomic mass is 10.3. The normalized spacial score (nSPS) is 13.4. The van der Waals surface area contributed by atoms with E-state index in [1.54, 1.807) is 38.0 Å². The van der Waals surface area contributed by atoms with Gasteiger partial charge in [-0.05, 0) is 31.4 Å². The highest BCUT2D eigenvalue weighted by molar-refractivity contribution is 7.99. The summed E-state index contributed by atoms with van der Waals surface area (Å²) < 4.78 is 18.1. The van der Waals surface area contributed by atoms with E-state index < -0.39 is 7.52 Å². The number of thioether (sulfide) groups is 1. The van der Waals surface area contributed by atoms with Gasteiger partial charge in [-0.3, -0.25) is 9.36 Å². The second-order valence-electron chi connectivity index (χ2n) is 4.41. The van der Waals surface area contributed by atoms with Crippen molar-refractivity contribution in [3.05, 3.63) is 30.3 Å². The van der Waals surface area contributed by atoms with Crippen LogP contribution in [0, 0.1) is 0 Å². The monoisotopic (exact) mass is 330 g/mol. The van der Waals surface area contributed by atoms with Gasteiger partial charge < -0.3 is 9.84 Å². The Morgan fingerprint density at radius 2 is 1.95 bits per heavy atom. The van der Waals surface area contributed by atoms with E-state index in [2.05, 4.69) is 10.4 Å². The van der Waals surface area contributed by atoms with Gasteiger partial charge in [0.25, 0.3) is 0 Å². The van der Waals surface area contributed by atoms with E-state index in [0.717, 1.165) is 17.9 Å². The van der Waals surface area contributed by atoms with Gasteiger partial charge >= 0.3 is 7.52 Å². The molecule has 0 spiro atoms. The molecule has 0 bridgehead atoms. The molecule has 0 fully saturated rings. The van der Waals surface area contributed by atoms with Crippen LogP contribution in [0.4, 0.5) is 0 Å². The van der Waals surface area contributed by atoms with E-state index in [-0.39, 0.29) is 5.91 Å². The maximum Gasteiger partial charge on any atom is 0.317 e. The Morgan fingerprint density at radius 3 is 2.57 bits per heavy atom. The van der Waals surface area contributed by atoms with Crippen molar-refractivity contribution in [2.75, 3.05) is 31.8 Å². The molecule has 5 nitrogen and oxygen atoms in total. The van der Waals surface area contributed by atoms with Gasteiger partial charge in [-0.2, -0.15) is 11.8 Å². The first-order valence-corrected chi connectivity index (χ1v) is 9.87. The minimum absolute atomic E-state index is 0.0592. The molecular formula is C14H23N2O3PS. The summed E-state index contributed by atoms with van der Waals surface area (Å²) in [6.07, 6.45) is 1.82. The van der Waals surface area contributed by atoms with Crippen LogP contribution in [0.2, 0.25) is 0 Å². The first-order valence-electron chi connectivity index (χ1n) is 6.90. The number of hydrogen-bond acceptors (Lipinski definition) is 4. The van der Waals surface area contributed by atoms with E-state index >= 15 is 0 Å². The second kappa shape index (κ2) is 9.87. The molecular weight excluding hydrogens is 307 g/mol. The molecule has 0 aliphatic heterocycles. The molecule has 0 aliphatic rings. The van der Waals surface area contributed by atoms with Crippen LogP contribution in [0.3, 0.4) is 0 Å². The van der Waals surface area contributed by atoms with Crippen molar-refractivity contribution in [3.8, 4) is 5.75 Å². The third kappa shape index (κ3) is 7.55. The van der Waals surface area contributed by atoms with Crippen LogP contribution in [0.15, 0.2) is 30.3 Å². The van der Waals surface area contributed by atoms with Crippen LogP contribution in [-0.2, 0) is 9.36 Å². The molecule has 0 saturated heterocycles. The molecule has 0 aromatic heterocycles.